The highest BCUT2D eigenvalue weighted by Crippen LogP contribution is 2.24. The predicted molar refractivity (Wildman–Crippen MR) is 116 cm³/mol. The Balaban J connectivity index is 0.00000312. The smallest absolute Gasteiger partial charge is 0.194 e. The first-order valence-electron chi connectivity index (χ1n) is 8.36. The van der Waals surface area contributed by atoms with E-state index in [1.165, 1.54) is 0 Å². The van der Waals surface area contributed by atoms with Gasteiger partial charge < -0.3 is 10.2 Å². The molecular weight excluding hydrogens is 471 g/mol. The van der Waals surface area contributed by atoms with Crippen molar-refractivity contribution in [2.75, 3.05) is 25.4 Å². The molecule has 9 heteroatoms. The largest absolute Gasteiger partial charge is 0.357 e. The molecule has 0 radical (unpaired) electrons. The summed E-state index contributed by atoms with van der Waals surface area (Å²) in [5, 5.41) is 6.44. The highest BCUT2D eigenvalue weighted by Gasteiger charge is 2.40. The van der Waals surface area contributed by atoms with E-state index in [1.807, 2.05) is 17.2 Å². The lowest BCUT2D eigenvalue weighted by Gasteiger charge is -2.39. The molecule has 2 heterocycles. The molecule has 0 spiro atoms. The van der Waals surface area contributed by atoms with E-state index < -0.39 is 14.6 Å². The van der Waals surface area contributed by atoms with Crippen molar-refractivity contribution in [3.63, 3.8) is 0 Å². The van der Waals surface area contributed by atoms with Crippen LogP contribution in [0.25, 0.3) is 0 Å². The average molecular weight is 500 g/mol. The maximum absolute atomic E-state index is 12.2. The first kappa shape index (κ1) is 22.6. The first-order valence-corrected chi connectivity index (χ1v) is 10.9. The van der Waals surface area contributed by atoms with Crippen LogP contribution >= 0.6 is 35.3 Å². The lowest BCUT2D eigenvalue weighted by atomic mass is 10.2. The van der Waals surface area contributed by atoms with Gasteiger partial charge in [-0.15, -0.1) is 35.3 Å². The molecular formula is C16H29IN4O2S2. The van der Waals surface area contributed by atoms with Gasteiger partial charge >= 0.3 is 0 Å². The fourth-order valence-corrected chi connectivity index (χ4v) is 4.76. The molecule has 1 aliphatic rings. The van der Waals surface area contributed by atoms with Crippen molar-refractivity contribution < 1.29 is 8.42 Å². The summed E-state index contributed by atoms with van der Waals surface area (Å²) in [5.41, 5.74) is 0.961. The quantitative estimate of drug-likeness (QED) is 0.391. The van der Waals surface area contributed by atoms with Crippen LogP contribution in [0.3, 0.4) is 0 Å². The molecule has 0 aromatic carbocycles. The number of sulfone groups is 1. The number of aromatic nitrogens is 1. The molecule has 0 atom stereocenters. The zero-order chi connectivity index (χ0) is 18.0. The van der Waals surface area contributed by atoms with Crippen LogP contribution in [0, 0.1) is 0 Å². The molecule has 144 valence electrons. The minimum atomic E-state index is -3.05. The van der Waals surface area contributed by atoms with Crippen LogP contribution in [0.15, 0.2) is 10.4 Å². The van der Waals surface area contributed by atoms with Crippen molar-refractivity contribution in [3.05, 3.63) is 16.1 Å². The second kappa shape index (κ2) is 8.98. The van der Waals surface area contributed by atoms with E-state index in [1.54, 1.807) is 25.2 Å². The fraction of sp³-hybridized carbons (Fsp3) is 0.750. The molecule has 25 heavy (non-hydrogen) atoms. The van der Waals surface area contributed by atoms with E-state index in [4.69, 9.17) is 0 Å². The molecule has 1 aliphatic heterocycles. The minimum Gasteiger partial charge on any atom is -0.357 e. The Kier molecular flexibility index (Phi) is 8.13. The van der Waals surface area contributed by atoms with Crippen molar-refractivity contribution in [1.82, 2.24) is 15.2 Å². The highest BCUT2D eigenvalue weighted by molar-refractivity contribution is 14.0. The summed E-state index contributed by atoms with van der Waals surface area (Å²) in [6.07, 6.45) is 0. The number of guanidine groups is 1. The Bertz CT molecular complexity index is 699. The lowest BCUT2D eigenvalue weighted by Crippen LogP contribution is -2.57. The van der Waals surface area contributed by atoms with Crippen LogP contribution in [-0.2, 0) is 16.4 Å². The summed E-state index contributed by atoms with van der Waals surface area (Å²) in [4.78, 5) is 11.3. The Morgan fingerprint density at radius 3 is 2.68 bits per heavy atom. The molecule has 1 aromatic rings. The number of nitrogens with one attached hydrogen (secondary N) is 1. The number of aliphatic imine (C=N–C) groups is 1. The zero-order valence-electron chi connectivity index (χ0n) is 15.6. The van der Waals surface area contributed by atoms with E-state index in [2.05, 4.69) is 29.1 Å². The van der Waals surface area contributed by atoms with Crippen LogP contribution in [0.2, 0.25) is 0 Å². The van der Waals surface area contributed by atoms with Gasteiger partial charge in [0.25, 0.3) is 0 Å². The fourth-order valence-electron chi connectivity index (χ4n) is 2.57. The molecule has 1 N–H and O–H groups in total. The first-order chi connectivity index (χ1) is 11.2. The van der Waals surface area contributed by atoms with E-state index in [-0.39, 0.29) is 29.7 Å². The van der Waals surface area contributed by atoms with E-state index in [0.29, 0.717) is 25.6 Å². The van der Waals surface area contributed by atoms with E-state index >= 15 is 0 Å². The van der Waals surface area contributed by atoms with Crippen molar-refractivity contribution >= 4 is 51.1 Å². The molecule has 0 bridgehead atoms. The molecule has 0 saturated carbocycles. The summed E-state index contributed by atoms with van der Waals surface area (Å²) < 4.78 is 23.6. The van der Waals surface area contributed by atoms with Gasteiger partial charge in [0.15, 0.2) is 15.8 Å². The molecule has 0 amide bonds. The Labute approximate surface area is 172 Å². The number of hydrogen-bond acceptors (Lipinski definition) is 5. The van der Waals surface area contributed by atoms with Gasteiger partial charge in [0.05, 0.1) is 27.7 Å². The molecule has 6 nitrogen and oxygen atoms in total. The predicted octanol–water partition coefficient (Wildman–Crippen LogP) is 2.86. The maximum atomic E-state index is 12.2. The van der Waals surface area contributed by atoms with Crippen LogP contribution in [0.4, 0.5) is 0 Å². The van der Waals surface area contributed by atoms with Gasteiger partial charge in [-0.05, 0) is 20.8 Å². The third-order valence-electron chi connectivity index (χ3n) is 4.13. The van der Waals surface area contributed by atoms with Gasteiger partial charge in [-0.2, -0.15) is 0 Å². The van der Waals surface area contributed by atoms with Gasteiger partial charge in [0.1, 0.15) is 0 Å². The number of thiazole rings is 1. The lowest BCUT2D eigenvalue weighted by molar-refractivity contribution is 0.353. The Morgan fingerprint density at radius 2 is 2.16 bits per heavy atom. The Hall–Kier alpha value is -0.420. The van der Waals surface area contributed by atoms with E-state index in [0.717, 1.165) is 23.2 Å². The van der Waals surface area contributed by atoms with Crippen molar-refractivity contribution in [2.45, 2.75) is 51.8 Å². The standard InChI is InChI=1S/C16H28N4O2S2.HI/c1-6-17-15(18-9-13-10-23-14(19-13)12(2)3)20-7-8-24(21,22)16(4,5)11-20;/h10,12H,6-9,11H2,1-5H3,(H,17,18);1H. The second-order valence-corrected chi connectivity index (χ2v) is 10.6. The van der Waals surface area contributed by atoms with Crippen LogP contribution in [-0.4, -0.2) is 54.4 Å². The minimum absolute atomic E-state index is 0. The SMILES string of the molecule is CCNC(=NCc1csc(C(C)C)n1)N1CCS(=O)(=O)C(C)(C)C1.I. The summed E-state index contributed by atoms with van der Waals surface area (Å²) in [6, 6.07) is 0. The summed E-state index contributed by atoms with van der Waals surface area (Å²) in [7, 11) is -3.05. The van der Waals surface area contributed by atoms with Gasteiger partial charge in [-0.25, -0.2) is 18.4 Å². The van der Waals surface area contributed by atoms with Crippen molar-refractivity contribution in [2.24, 2.45) is 4.99 Å². The molecule has 1 aromatic heterocycles. The molecule has 1 fully saturated rings. The second-order valence-electron chi connectivity index (χ2n) is 7.00. The van der Waals surface area contributed by atoms with Gasteiger partial charge in [0, 0.05) is 30.9 Å². The molecule has 0 aliphatic carbocycles. The van der Waals surface area contributed by atoms with Crippen LogP contribution in [0.1, 0.15) is 51.2 Å². The highest BCUT2D eigenvalue weighted by atomic mass is 127. The number of rotatable bonds is 4. The van der Waals surface area contributed by atoms with Gasteiger partial charge in [-0.3, -0.25) is 0 Å². The molecule has 1 saturated heterocycles. The van der Waals surface area contributed by atoms with Gasteiger partial charge in [0.2, 0.25) is 0 Å². The van der Waals surface area contributed by atoms with Crippen LogP contribution < -0.4 is 5.32 Å². The zero-order valence-corrected chi connectivity index (χ0v) is 19.5. The molecule has 0 unspecified atom stereocenters. The monoisotopic (exact) mass is 500 g/mol. The Morgan fingerprint density at radius 1 is 1.48 bits per heavy atom. The topological polar surface area (TPSA) is 74.7 Å². The third kappa shape index (κ3) is 5.53. The summed E-state index contributed by atoms with van der Waals surface area (Å²) in [5.74, 6) is 1.35. The average Bonchev–Trinajstić information content (AvgIpc) is 2.95. The third-order valence-corrected chi connectivity index (χ3v) is 7.86. The van der Waals surface area contributed by atoms with Gasteiger partial charge in [-0.1, -0.05) is 13.8 Å². The number of nitrogens with zero attached hydrogens (tertiary/aromatic N) is 3. The number of halogens is 1. The van der Waals surface area contributed by atoms with Crippen molar-refractivity contribution in [3.8, 4) is 0 Å². The maximum Gasteiger partial charge on any atom is 0.194 e. The summed E-state index contributed by atoms with van der Waals surface area (Å²) >= 11 is 1.66. The molecule has 2 rings (SSSR count). The normalized spacial score (nSPS) is 19.6. The van der Waals surface area contributed by atoms with Crippen molar-refractivity contribution in [1.29, 1.82) is 0 Å². The van der Waals surface area contributed by atoms with E-state index in [9.17, 15) is 8.42 Å². The van der Waals surface area contributed by atoms with Crippen LogP contribution in [0.5, 0.6) is 0 Å². The number of hydrogen-bond donors (Lipinski definition) is 1. The summed E-state index contributed by atoms with van der Waals surface area (Å²) in [6.45, 7) is 12.0.